The predicted octanol–water partition coefficient (Wildman–Crippen LogP) is -2.02. The second-order valence-electron chi connectivity index (χ2n) is 3.94. The molecule has 0 atom stereocenters. The second kappa shape index (κ2) is 9.46. The van der Waals surface area contributed by atoms with E-state index in [2.05, 4.69) is 18.9 Å². The van der Waals surface area contributed by atoms with E-state index >= 15 is 0 Å². The fourth-order valence-electron chi connectivity index (χ4n) is 1.06. The topological polar surface area (TPSA) is 152 Å². The van der Waals surface area contributed by atoms with E-state index in [0.29, 0.717) is 12.2 Å². The van der Waals surface area contributed by atoms with Gasteiger partial charge in [-0.2, -0.15) is 0 Å². The minimum absolute atomic E-state index is 0.164. The van der Waals surface area contributed by atoms with Gasteiger partial charge in [0.05, 0.1) is 0 Å². The molecule has 0 aliphatic rings. The molecule has 0 aliphatic heterocycles. The van der Waals surface area contributed by atoms with Crippen molar-refractivity contribution in [3.8, 4) is 0 Å². The summed E-state index contributed by atoms with van der Waals surface area (Å²) in [6, 6.07) is 0. The summed E-state index contributed by atoms with van der Waals surface area (Å²) in [5, 5.41) is 36.8. The zero-order valence-corrected chi connectivity index (χ0v) is 12.2. The summed E-state index contributed by atoms with van der Waals surface area (Å²) in [6.07, 6.45) is 1.01. The van der Waals surface area contributed by atoms with Crippen LogP contribution < -0.4 is 0 Å². The summed E-state index contributed by atoms with van der Waals surface area (Å²) in [7, 11) is 0. The molecule has 0 aromatic carbocycles. The molecule has 0 saturated heterocycles. The number of aliphatic hydroxyl groups is 4. The molecule has 0 heterocycles. The van der Waals surface area contributed by atoms with Gasteiger partial charge in [0.1, 0.15) is 13.2 Å². The summed E-state index contributed by atoms with van der Waals surface area (Å²) < 4.78 is 17.7. The molecule has 128 valence electrons. The SMILES string of the molecule is CCOCC(O)(O)OC(=O)/C=C\C(=O)OC(O)(O)COCC. The molecule has 0 saturated carbocycles. The van der Waals surface area contributed by atoms with E-state index in [1.54, 1.807) is 13.8 Å². The van der Waals surface area contributed by atoms with Gasteiger partial charge in [-0.1, -0.05) is 0 Å². The maximum absolute atomic E-state index is 11.2. The molecule has 0 rings (SSSR count). The summed E-state index contributed by atoms with van der Waals surface area (Å²) in [5.74, 6) is -8.27. The van der Waals surface area contributed by atoms with Crippen LogP contribution in [0, 0.1) is 0 Å². The lowest BCUT2D eigenvalue weighted by Gasteiger charge is -2.20. The van der Waals surface area contributed by atoms with E-state index in [1.807, 2.05) is 0 Å². The average molecular weight is 324 g/mol. The van der Waals surface area contributed by atoms with Gasteiger partial charge in [-0.25, -0.2) is 9.59 Å². The van der Waals surface area contributed by atoms with Crippen molar-refractivity contribution in [3.63, 3.8) is 0 Å². The Bertz CT molecular complexity index is 351. The van der Waals surface area contributed by atoms with Gasteiger partial charge in [0, 0.05) is 25.4 Å². The lowest BCUT2D eigenvalue weighted by molar-refractivity contribution is -0.336. The molecule has 0 amide bonds. The van der Waals surface area contributed by atoms with Crippen LogP contribution in [0.1, 0.15) is 13.8 Å². The van der Waals surface area contributed by atoms with Crippen LogP contribution in [0.5, 0.6) is 0 Å². The van der Waals surface area contributed by atoms with Crippen LogP contribution in [-0.2, 0) is 28.5 Å². The van der Waals surface area contributed by atoms with E-state index < -0.39 is 37.1 Å². The van der Waals surface area contributed by atoms with Crippen molar-refractivity contribution in [2.75, 3.05) is 26.4 Å². The number of carbonyl (C=O) groups excluding carboxylic acids is 2. The number of rotatable bonds is 10. The van der Waals surface area contributed by atoms with Crippen molar-refractivity contribution in [1.29, 1.82) is 0 Å². The summed E-state index contributed by atoms with van der Waals surface area (Å²) >= 11 is 0. The van der Waals surface area contributed by atoms with E-state index in [0.717, 1.165) is 0 Å². The summed E-state index contributed by atoms with van der Waals surface area (Å²) in [6.45, 7) is 2.14. The zero-order chi connectivity index (χ0) is 17.2. The van der Waals surface area contributed by atoms with Crippen molar-refractivity contribution >= 4 is 11.9 Å². The molecular weight excluding hydrogens is 304 g/mol. The van der Waals surface area contributed by atoms with Crippen LogP contribution in [0.3, 0.4) is 0 Å². The van der Waals surface area contributed by atoms with Crippen LogP contribution in [-0.4, -0.2) is 70.7 Å². The van der Waals surface area contributed by atoms with Gasteiger partial charge in [-0.3, -0.25) is 0 Å². The average Bonchev–Trinajstić information content (AvgIpc) is 2.40. The van der Waals surface area contributed by atoms with Crippen molar-refractivity contribution in [2.45, 2.75) is 25.8 Å². The van der Waals surface area contributed by atoms with Crippen LogP contribution >= 0.6 is 0 Å². The third-order valence-corrected chi connectivity index (χ3v) is 1.87. The Kier molecular flexibility index (Phi) is 8.79. The Hall–Kier alpha value is -1.56. The highest BCUT2D eigenvalue weighted by Gasteiger charge is 2.29. The van der Waals surface area contributed by atoms with Gasteiger partial charge in [0.2, 0.25) is 0 Å². The number of carbonyl (C=O) groups is 2. The molecule has 0 aromatic heterocycles. The van der Waals surface area contributed by atoms with Crippen molar-refractivity contribution in [2.24, 2.45) is 0 Å². The standard InChI is InChI=1S/C12H20O10/c1-3-19-7-11(15,16)21-9(13)5-6-10(14)22-12(17,18)8-20-4-2/h5-6,15-18H,3-4,7-8H2,1-2H3/b6-5-. The minimum atomic E-state index is -2.85. The summed E-state index contributed by atoms with van der Waals surface area (Å²) in [5.41, 5.74) is 0. The first kappa shape index (κ1) is 20.4. The highest BCUT2D eigenvalue weighted by molar-refractivity contribution is 5.91. The third-order valence-electron chi connectivity index (χ3n) is 1.87. The lowest BCUT2D eigenvalue weighted by Crippen LogP contribution is -2.40. The Morgan fingerprint density at radius 1 is 0.818 bits per heavy atom. The zero-order valence-electron chi connectivity index (χ0n) is 12.2. The maximum Gasteiger partial charge on any atom is 0.349 e. The molecule has 0 aromatic rings. The molecule has 0 spiro atoms. The molecule has 0 fully saturated rings. The predicted molar refractivity (Wildman–Crippen MR) is 68.6 cm³/mol. The first-order valence-electron chi connectivity index (χ1n) is 6.31. The van der Waals surface area contributed by atoms with Crippen LogP contribution in [0.2, 0.25) is 0 Å². The monoisotopic (exact) mass is 324 g/mol. The molecule has 0 radical (unpaired) electrons. The van der Waals surface area contributed by atoms with E-state index in [-0.39, 0.29) is 13.2 Å². The van der Waals surface area contributed by atoms with Gasteiger partial charge < -0.3 is 39.4 Å². The van der Waals surface area contributed by atoms with Crippen LogP contribution in [0.15, 0.2) is 12.2 Å². The van der Waals surface area contributed by atoms with E-state index in [4.69, 9.17) is 0 Å². The van der Waals surface area contributed by atoms with E-state index in [9.17, 15) is 30.0 Å². The van der Waals surface area contributed by atoms with Gasteiger partial charge in [0.25, 0.3) is 0 Å². The maximum atomic E-state index is 11.2. The Morgan fingerprint density at radius 2 is 1.14 bits per heavy atom. The van der Waals surface area contributed by atoms with Gasteiger partial charge in [-0.15, -0.1) is 0 Å². The molecule has 10 heteroatoms. The smallest absolute Gasteiger partial charge is 0.349 e. The molecule has 0 aliphatic carbocycles. The molecule has 4 N–H and O–H groups in total. The largest absolute Gasteiger partial charge is 0.403 e. The molecule has 22 heavy (non-hydrogen) atoms. The second-order valence-corrected chi connectivity index (χ2v) is 3.94. The molecule has 0 unspecified atom stereocenters. The molecule has 0 bridgehead atoms. The molecular formula is C12H20O10. The first-order valence-corrected chi connectivity index (χ1v) is 6.31. The number of ether oxygens (including phenoxy) is 4. The lowest BCUT2D eigenvalue weighted by atomic mass is 10.5. The first-order chi connectivity index (χ1) is 10.1. The van der Waals surface area contributed by atoms with Crippen molar-refractivity contribution in [3.05, 3.63) is 12.2 Å². The van der Waals surface area contributed by atoms with Crippen LogP contribution in [0.25, 0.3) is 0 Å². The van der Waals surface area contributed by atoms with Gasteiger partial charge in [-0.05, 0) is 13.8 Å². The number of hydrogen-bond donors (Lipinski definition) is 4. The van der Waals surface area contributed by atoms with Crippen molar-refractivity contribution in [1.82, 2.24) is 0 Å². The fraction of sp³-hybridized carbons (Fsp3) is 0.667. The highest BCUT2D eigenvalue weighted by Crippen LogP contribution is 2.06. The number of esters is 2. The van der Waals surface area contributed by atoms with E-state index in [1.165, 1.54) is 0 Å². The number of hydrogen-bond acceptors (Lipinski definition) is 10. The summed E-state index contributed by atoms with van der Waals surface area (Å²) in [4.78, 5) is 22.4. The Labute approximate surface area is 126 Å². The van der Waals surface area contributed by atoms with Gasteiger partial charge in [0.15, 0.2) is 0 Å². The Balaban J connectivity index is 4.34. The normalized spacial score (nSPS) is 12.5. The quantitative estimate of drug-likeness (QED) is 0.201. The fourth-order valence-corrected chi connectivity index (χ4v) is 1.06. The third kappa shape index (κ3) is 10.2. The van der Waals surface area contributed by atoms with Crippen LogP contribution in [0.4, 0.5) is 0 Å². The van der Waals surface area contributed by atoms with Crippen molar-refractivity contribution < 1.29 is 49.0 Å². The molecule has 10 nitrogen and oxygen atoms in total. The Morgan fingerprint density at radius 3 is 1.41 bits per heavy atom. The minimum Gasteiger partial charge on any atom is -0.403 e. The highest BCUT2D eigenvalue weighted by atomic mass is 16.8. The van der Waals surface area contributed by atoms with Gasteiger partial charge >= 0.3 is 23.9 Å².